The normalized spacial score (nSPS) is 20.1. The number of nitrogens with zero attached hydrogens (tertiary/aromatic N) is 1. The second kappa shape index (κ2) is 5.71. The van der Waals surface area contributed by atoms with E-state index in [2.05, 4.69) is 45.7 Å². The van der Waals surface area contributed by atoms with Crippen LogP contribution in [0.1, 0.15) is 32.3 Å². The molecule has 0 amide bonds. The van der Waals surface area contributed by atoms with Crippen LogP contribution in [-0.4, -0.2) is 25.8 Å². The Kier molecular flexibility index (Phi) is 4.70. The van der Waals surface area contributed by atoms with Crippen molar-refractivity contribution in [3.8, 4) is 0 Å². The van der Waals surface area contributed by atoms with Gasteiger partial charge in [-0.05, 0) is 58.8 Å². The molecule has 0 aromatic heterocycles. The van der Waals surface area contributed by atoms with Crippen LogP contribution in [0.2, 0.25) is 0 Å². The summed E-state index contributed by atoms with van der Waals surface area (Å²) in [6, 6.07) is 3.53. The molecular weight excluding hydrogens is 406 g/mol. The van der Waals surface area contributed by atoms with E-state index in [1.54, 1.807) is 10.4 Å². The van der Waals surface area contributed by atoms with Crippen LogP contribution in [0, 0.1) is 12.3 Å². The van der Waals surface area contributed by atoms with Gasteiger partial charge >= 0.3 is 0 Å². The molecule has 0 N–H and O–H groups in total. The Bertz CT molecular complexity index is 626. The van der Waals surface area contributed by atoms with Crippen molar-refractivity contribution in [3.63, 3.8) is 0 Å². The van der Waals surface area contributed by atoms with E-state index in [1.807, 2.05) is 13.0 Å². The number of aryl methyl sites for hydroxylation is 1. The van der Waals surface area contributed by atoms with Gasteiger partial charge < -0.3 is 0 Å². The number of rotatable bonds is 2. The lowest BCUT2D eigenvalue weighted by molar-refractivity contribution is 0.187. The summed E-state index contributed by atoms with van der Waals surface area (Å²) in [5, 5.41) is 0. The molecule has 0 saturated carbocycles. The van der Waals surface area contributed by atoms with Crippen LogP contribution in [-0.2, 0) is 10.0 Å². The van der Waals surface area contributed by atoms with E-state index in [0.29, 0.717) is 22.5 Å². The van der Waals surface area contributed by atoms with Gasteiger partial charge in [-0.2, -0.15) is 4.31 Å². The minimum Gasteiger partial charge on any atom is -0.207 e. The van der Waals surface area contributed by atoms with Crippen LogP contribution in [0.3, 0.4) is 0 Å². The largest absolute Gasteiger partial charge is 0.244 e. The number of hydrogen-bond acceptors (Lipinski definition) is 2. The fourth-order valence-corrected chi connectivity index (χ4v) is 5.85. The molecule has 1 heterocycles. The minimum atomic E-state index is -3.45. The average molecular weight is 425 g/mol. The Morgan fingerprint density at radius 3 is 2.45 bits per heavy atom. The van der Waals surface area contributed by atoms with E-state index in [-0.39, 0.29) is 5.41 Å². The highest BCUT2D eigenvalue weighted by Gasteiger charge is 2.35. The number of sulfonamides is 1. The maximum absolute atomic E-state index is 12.8. The van der Waals surface area contributed by atoms with Gasteiger partial charge in [0.2, 0.25) is 10.0 Å². The van der Waals surface area contributed by atoms with Crippen LogP contribution in [0.15, 0.2) is 26.0 Å². The highest BCUT2D eigenvalue weighted by Crippen LogP contribution is 2.35. The summed E-state index contributed by atoms with van der Waals surface area (Å²) in [4.78, 5) is 0.340. The van der Waals surface area contributed by atoms with Crippen molar-refractivity contribution in [1.29, 1.82) is 0 Å². The van der Waals surface area contributed by atoms with Gasteiger partial charge in [0.1, 0.15) is 0 Å². The van der Waals surface area contributed by atoms with Crippen molar-refractivity contribution in [2.45, 2.75) is 38.5 Å². The summed E-state index contributed by atoms with van der Waals surface area (Å²) in [6.07, 6.45) is 1.98. The Hall–Kier alpha value is 0.0900. The van der Waals surface area contributed by atoms with Gasteiger partial charge in [-0.3, -0.25) is 0 Å². The third kappa shape index (κ3) is 3.29. The fourth-order valence-electron chi connectivity index (χ4n) is 2.54. The monoisotopic (exact) mass is 423 g/mol. The lowest BCUT2D eigenvalue weighted by Gasteiger charge is -2.37. The zero-order chi connectivity index (χ0) is 15.1. The Morgan fingerprint density at radius 2 is 1.85 bits per heavy atom. The zero-order valence-electron chi connectivity index (χ0n) is 11.9. The smallest absolute Gasteiger partial charge is 0.207 e. The molecule has 1 aromatic rings. The molecule has 2 rings (SSSR count). The van der Waals surface area contributed by atoms with Crippen LogP contribution in [0.5, 0.6) is 0 Å². The Morgan fingerprint density at radius 1 is 1.20 bits per heavy atom. The van der Waals surface area contributed by atoms with Gasteiger partial charge in [-0.1, -0.05) is 29.8 Å². The zero-order valence-corrected chi connectivity index (χ0v) is 15.9. The summed E-state index contributed by atoms with van der Waals surface area (Å²) in [7, 11) is -3.45. The number of benzene rings is 1. The lowest BCUT2D eigenvalue weighted by atomic mass is 9.85. The molecule has 0 aliphatic carbocycles. The summed E-state index contributed by atoms with van der Waals surface area (Å²) in [5.41, 5.74) is 1.05. The molecular formula is C14H19Br2NO2S. The maximum atomic E-state index is 12.8. The van der Waals surface area contributed by atoms with Gasteiger partial charge in [0.15, 0.2) is 0 Å². The van der Waals surface area contributed by atoms with Crippen molar-refractivity contribution < 1.29 is 8.42 Å². The lowest BCUT2D eigenvalue weighted by Crippen LogP contribution is -2.43. The van der Waals surface area contributed by atoms with Crippen LogP contribution >= 0.6 is 31.9 Å². The highest BCUT2D eigenvalue weighted by molar-refractivity contribution is 9.11. The highest BCUT2D eigenvalue weighted by atomic mass is 79.9. The first kappa shape index (κ1) is 16.5. The van der Waals surface area contributed by atoms with E-state index < -0.39 is 10.0 Å². The molecule has 0 spiro atoms. The van der Waals surface area contributed by atoms with Crippen molar-refractivity contribution in [2.24, 2.45) is 5.41 Å². The van der Waals surface area contributed by atoms with E-state index in [0.717, 1.165) is 22.9 Å². The standard InChI is InChI=1S/C14H19Br2NO2S/c1-10-7-12(16)13(8-11(10)15)20(18,19)17-6-4-5-14(2,3)9-17/h7-8H,4-6,9H2,1-3H3. The van der Waals surface area contributed by atoms with Crippen molar-refractivity contribution in [3.05, 3.63) is 26.6 Å². The first-order chi connectivity index (χ1) is 9.13. The molecule has 1 aliphatic heterocycles. The van der Waals surface area contributed by atoms with E-state index >= 15 is 0 Å². The van der Waals surface area contributed by atoms with Crippen LogP contribution in [0.25, 0.3) is 0 Å². The van der Waals surface area contributed by atoms with Gasteiger partial charge in [-0.25, -0.2) is 8.42 Å². The molecule has 0 radical (unpaired) electrons. The molecule has 1 saturated heterocycles. The molecule has 112 valence electrons. The topological polar surface area (TPSA) is 37.4 Å². The summed E-state index contributed by atoms with van der Waals surface area (Å²) >= 11 is 6.80. The summed E-state index contributed by atoms with van der Waals surface area (Å²) < 4.78 is 28.7. The van der Waals surface area contributed by atoms with Crippen LogP contribution < -0.4 is 0 Å². The molecule has 0 atom stereocenters. The molecule has 1 aromatic carbocycles. The Labute approximate surface area is 138 Å². The second-order valence-electron chi connectivity index (χ2n) is 6.14. The van der Waals surface area contributed by atoms with Crippen molar-refractivity contribution >= 4 is 41.9 Å². The number of piperidine rings is 1. The van der Waals surface area contributed by atoms with Gasteiger partial charge in [0.25, 0.3) is 0 Å². The first-order valence-corrected chi connectivity index (χ1v) is 9.62. The second-order valence-corrected chi connectivity index (χ2v) is 9.75. The van der Waals surface area contributed by atoms with Gasteiger partial charge in [0, 0.05) is 22.0 Å². The Balaban J connectivity index is 2.43. The van der Waals surface area contributed by atoms with E-state index in [9.17, 15) is 8.42 Å². The number of hydrogen-bond donors (Lipinski definition) is 0. The molecule has 6 heteroatoms. The molecule has 0 unspecified atom stereocenters. The first-order valence-electron chi connectivity index (χ1n) is 6.59. The van der Waals surface area contributed by atoms with Crippen LogP contribution in [0.4, 0.5) is 0 Å². The quantitative estimate of drug-likeness (QED) is 0.708. The summed E-state index contributed by atoms with van der Waals surface area (Å²) in [5.74, 6) is 0. The predicted octanol–water partition coefficient (Wildman–Crippen LogP) is 4.33. The average Bonchev–Trinajstić information content (AvgIpc) is 2.32. The predicted molar refractivity (Wildman–Crippen MR) is 88.4 cm³/mol. The molecule has 20 heavy (non-hydrogen) atoms. The summed E-state index contributed by atoms with van der Waals surface area (Å²) in [6.45, 7) is 7.36. The van der Waals surface area contributed by atoms with E-state index in [4.69, 9.17) is 0 Å². The maximum Gasteiger partial charge on any atom is 0.244 e. The molecule has 1 aliphatic rings. The van der Waals surface area contributed by atoms with E-state index in [1.165, 1.54) is 0 Å². The van der Waals surface area contributed by atoms with Gasteiger partial charge in [0.05, 0.1) is 4.90 Å². The molecule has 1 fully saturated rings. The third-order valence-corrected chi connectivity index (χ3v) is 7.35. The van der Waals surface area contributed by atoms with Gasteiger partial charge in [-0.15, -0.1) is 0 Å². The minimum absolute atomic E-state index is 0.0414. The fraction of sp³-hybridized carbons (Fsp3) is 0.571. The molecule has 0 bridgehead atoms. The van der Waals surface area contributed by atoms with Crippen molar-refractivity contribution in [2.75, 3.05) is 13.1 Å². The third-order valence-electron chi connectivity index (χ3n) is 3.70. The number of halogens is 2. The SMILES string of the molecule is Cc1cc(Br)c(S(=O)(=O)N2CCCC(C)(C)C2)cc1Br. The molecule has 3 nitrogen and oxygen atoms in total. The van der Waals surface area contributed by atoms with Crippen molar-refractivity contribution in [1.82, 2.24) is 4.31 Å².